The zero-order valence-electron chi connectivity index (χ0n) is 15.4. The first kappa shape index (κ1) is 18.3. The summed E-state index contributed by atoms with van der Waals surface area (Å²) in [6, 6.07) is 20.4. The van der Waals surface area contributed by atoms with Crippen LogP contribution in [0, 0.1) is 13.8 Å². The van der Waals surface area contributed by atoms with E-state index in [0.29, 0.717) is 22.0 Å². The Kier molecular flexibility index (Phi) is 4.45. The Morgan fingerprint density at radius 3 is 1.96 bits per heavy atom. The summed E-state index contributed by atoms with van der Waals surface area (Å²) in [6.07, 6.45) is 0. The number of fused-ring (bicyclic) bond motifs is 2. The van der Waals surface area contributed by atoms with Crippen LogP contribution in [0.4, 0.5) is 11.4 Å². The quantitative estimate of drug-likeness (QED) is 0.331. The highest BCUT2D eigenvalue weighted by molar-refractivity contribution is 7.86. The normalized spacial score (nSPS) is 12.2. The Balaban J connectivity index is 1.95. The van der Waals surface area contributed by atoms with Crippen LogP contribution >= 0.6 is 0 Å². The van der Waals surface area contributed by atoms with E-state index in [4.69, 9.17) is 0 Å². The molecule has 0 aliphatic carbocycles. The molecule has 0 fully saturated rings. The summed E-state index contributed by atoms with van der Waals surface area (Å²) >= 11 is 0. The topological polar surface area (TPSA) is 79.1 Å². The van der Waals surface area contributed by atoms with Gasteiger partial charge in [0.15, 0.2) is 0 Å². The monoisotopic (exact) mass is 390 g/mol. The Morgan fingerprint density at radius 1 is 0.714 bits per heavy atom. The van der Waals surface area contributed by atoms with Crippen LogP contribution in [0.1, 0.15) is 11.1 Å². The molecule has 4 aromatic rings. The van der Waals surface area contributed by atoms with Gasteiger partial charge in [-0.3, -0.25) is 4.55 Å². The average molecular weight is 390 g/mol. The lowest BCUT2D eigenvalue weighted by Gasteiger charge is -2.10. The van der Waals surface area contributed by atoms with Crippen molar-refractivity contribution in [3.63, 3.8) is 0 Å². The minimum Gasteiger partial charge on any atom is -0.282 e. The van der Waals surface area contributed by atoms with E-state index in [9.17, 15) is 13.0 Å². The van der Waals surface area contributed by atoms with E-state index in [1.807, 2.05) is 43.3 Å². The molecule has 0 aliphatic rings. The molecular weight excluding hydrogens is 372 g/mol. The Hall–Kier alpha value is -3.09. The first-order chi connectivity index (χ1) is 13.4. The molecule has 140 valence electrons. The summed E-state index contributed by atoms with van der Waals surface area (Å²) < 4.78 is 33.1. The number of rotatable bonds is 3. The SMILES string of the molecule is Cc1ccc2ccccc2c1/N=N/c1c(C)cc(S(=O)(=O)O)c2ccccc12. The molecule has 0 saturated carbocycles. The summed E-state index contributed by atoms with van der Waals surface area (Å²) in [5.41, 5.74) is 2.97. The number of nitrogens with zero attached hydrogens (tertiary/aromatic N) is 2. The van der Waals surface area contributed by atoms with Crippen molar-refractivity contribution in [3.05, 3.63) is 77.9 Å². The van der Waals surface area contributed by atoms with Crippen LogP contribution < -0.4 is 0 Å². The molecule has 0 heterocycles. The lowest BCUT2D eigenvalue weighted by Crippen LogP contribution is -2.00. The fourth-order valence-corrected chi connectivity index (χ4v) is 4.18. The lowest BCUT2D eigenvalue weighted by molar-refractivity contribution is 0.484. The summed E-state index contributed by atoms with van der Waals surface area (Å²) in [6.45, 7) is 3.73. The fourth-order valence-electron chi connectivity index (χ4n) is 3.40. The smallest absolute Gasteiger partial charge is 0.282 e. The van der Waals surface area contributed by atoms with Gasteiger partial charge in [0.25, 0.3) is 10.1 Å². The Morgan fingerprint density at radius 2 is 1.29 bits per heavy atom. The van der Waals surface area contributed by atoms with Gasteiger partial charge < -0.3 is 0 Å². The van der Waals surface area contributed by atoms with E-state index >= 15 is 0 Å². The molecule has 0 aliphatic heterocycles. The van der Waals surface area contributed by atoms with E-state index in [2.05, 4.69) is 10.2 Å². The van der Waals surface area contributed by atoms with Crippen molar-refractivity contribution in [3.8, 4) is 0 Å². The van der Waals surface area contributed by atoms with Crippen molar-refractivity contribution < 1.29 is 13.0 Å². The van der Waals surface area contributed by atoms with Crippen molar-refractivity contribution in [2.45, 2.75) is 18.7 Å². The van der Waals surface area contributed by atoms with E-state index in [0.717, 1.165) is 22.0 Å². The third-order valence-electron chi connectivity index (χ3n) is 4.80. The average Bonchev–Trinajstić information content (AvgIpc) is 2.67. The third-order valence-corrected chi connectivity index (χ3v) is 5.69. The van der Waals surface area contributed by atoms with Crippen LogP contribution in [-0.2, 0) is 10.1 Å². The highest BCUT2D eigenvalue weighted by atomic mass is 32.2. The zero-order chi connectivity index (χ0) is 19.9. The fraction of sp³-hybridized carbons (Fsp3) is 0.0909. The highest BCUT2D eigenvalue weighted by Gasteiger charge is 2.18. The third kappa shape index (κ3) is 3.17. The van der Waals surface area contributed by atoms with Crippen molar-refractivity contribution >= 4 is 43.0 Å². The van der Waals surface area contributed by atoms with Gasteiger partial charge in [-0.2, -0.15) is 8.42 Å². The van der Waals surface area contributed by atoms with Gasteiger partial charge in [-0.05, 0) is 36.4 Å². The molecule has 4 aromatic carbocycles. The van der Waals surface area contributed by atoms with E-state index < -0.39 is 10.1 Å². The van der Waals surface area contributed by atoms with Crippen LogP contribution in [-0.4, -0.2) is 13.0 Å². The summed E-state index contributed by atoms with van der Waals surface area (Å²) in [5.74, 6) is 0. The highest BCUT2D eigenvalue weighted by Crippen LogP contribution is 2.37. The summed E-state index contributed by atoms with van der Waals surface area (Å²) in [4.78, 5) is -0.124. The predicted octanol–water partition coefficient (Wildman–Crippen LogP) is 6.27. The molecule has 6 heteroatoms. The molecule has 0 unspecified atom stereocenters. The summed E-state index contributed by atoms with van der Waals surface area (Å²) in [7, 11) is -4.34. The van der Waals surface area contributed by atoms with Gasteiger partial charge in [0, 0.05) is 16.2 Å². The van der Waals surface area contributed by atoms with Gasteiger partial charge in [-0.15, -0.1) is 10.2 Å². The minimum atomic E-state index is -4.34. The first-order valence-electron chi connectivity index (χ1n) is 8.76. The second-order valence-corrected chi connectivity index (χ2v) is 8.10. The van der Waals surface area contributed by atoms with Gasteiger partial charge >= 0.3 is 0 Å². The Bertz CT molecular complexity index is 1360. The molecule has 5 nitrogen and oxygen atoms in total. The van der Waals surface area contributed by atoms with Crippen molar-refractivity contribution in [2.24, 2.45) is 10.2 Å². The van der Waals surface area contributed by atoms with E-state index in [1.54, 1.807) is 31.2 Å². The standard InChI is InChI=1S/C22H18N2O3S/c1-14-11-12-16-7-3-4-8-17(16)21(14)23-24-22-15(2)13-20(28(25,26)27)18-9-5-6-10-19(18)22/h3-13H,1-2H3,(H,25,26,27)/b24-23+. The number of hydrogen-bond donors (Lipinski definition) is 1. The lowest BCUT2D eigenvalue weighted by atomic mass is 10.0. The van der Waals surface area contributed by atoms with E-state index in [1.165, 1.54) is 6.07 Å². The molecule has 1 N–H and O–H groups in total. The minimum absolute atomic E-state index is 0.124. The van der Waals surface area contributed by atoms with Gasteiger partial charge in [-0.25, -0.2) is 0 Å². The van der Waals surface area contributed by atoms with Crippen LogP contribution in [0.2, 0.25) is 0 Å². The summed E-state index contributed by atoms with van der Waals surface area (Å²) in [5, 5.41) is 12.1. The molecule has 0 bridgehead atoms. The number of hydrogen-bond acceptors (Lipinski definition) is 4. The van der Waals surface area contributed by atoms with Gasteiger partial charge in [0.2, 0.25) is 0 Å². The predicted molar refractivity (Wildman–Crippen MR) is 111 cm³/mol. The molecule has 0 aromatic heterocycles. The van der Waals surface area contributed by atoms with Gasteiger partial charge in [-0.1, -0.05) is 60.7 Å². The van der Waals surface area contributed by atoms with Crippen molar-refractivity contribution in [1.29, 1.82) is 0 Å². The maximum atomic E-state index is 11.8. The van der Waals surface area contributed by atoms with Crippen LogP contribution in [0.5, 0.6) is 0 Å². The first-order valence-corrected chi connectivity index (χ1v) is 10.2. The largest absolute Gasteiger partial charge is 0.295 e. The number of aryl methyl sites for hydroxylation is 2. The van der Waals surface area contributed by atoms with Crippen molar-refractivity contribution in [2.75, 3.05) is 0 Å². The maximum absolute atomic E-state index is 11.8. The molecule has 28 heavy (non-hydrogen) atoms. The molecule has 0 radical (unpaired) electrons. The molecule has 0 atom stereocenters. The second-order valence-electron chi connectivity index (χ2n) is 6.71. The zero-order valence-corrected chi connectivity index (χ0v) is 16.2. The van der Waals surface area contributed by atoms with Crippen LogP contribution in [0.3, 0.4) is 0 Å². The molecule has 4 rings (SSSR count). The maximum Gasteiger partial charge on any atom is 0.295 e. The van der Waals surface area contributed by atoms with E-state index in [-0.39, 0.29) is 4.90 Å². The van der Waals surface area contributed by atoms with Crippen molar-refractivity contribution in [1.82, 2.24) is 0 Å². The molecular formula is C22H18N2O3S. The molecule has 0 spiro atoms. The number of azo groups is 1. The van der Waals surface area contributed by atoms with Crippen LogP contribution in [0.15, 0.2) is 81.9 Å². The van der Waals surface area contributed by atoms with Gasteiger partial charge in [0.1, 0.15) is 4.90 Å². The molecule has 0 saturated heterocycles. The van der Waals surface area contributed by atoms with Crippen LogP contribution in [0.25, 0.3) is 21.5 Å². The molecule has 0 amide bonds. The number of benzene rings is 4. The van der Waals surface area contributed by atoms with Gasteiger partial charge in [0.05, 0.1) is 11.4 Å². The second kappa shape index (κ2) is 6.82. The Labute approximate surface area is 163 Å².